The zero-order chi connectivity index (χ0) is 23.4. The van der Waals surface area contributed by atoms with Crippen molar-refractivity contribution in [1.29, 1.82) is 0 Å². The fourth-order valence-electron chi connectivity index (χ4n) is 3.89. The maximum Gasteiger partial charge on any atom is 0.257 e. The number of rotatable bonds is 6. The topological polar surface area (TPSA) is 88.2 Å². The summed E-state index contributed by atoms with van der Waals surface area (Å²) in [6.07, 6.45) is 2.16. The van der Waals surface area contributed by atoms with E-state index < -0.39 is 15.9 Å². The SMILES string of the molecule is CN1CCC(Oc2ccc(NC(=O)c3cc(S(=O)(=O)N4CCOCC4)ccc3Cl)cc2)CC1. The zero-order valence-electron chi connectivity index (χ0n) is 18.5. The summed E-state index contributed by atoms with van der Waals surface area (Å²) in [7, 11) is -1.63. The molecule has 0 aliphatic carbocycles. The molecule has 2 aliphatic rings. The number of hydrogen-bond donors (Lipinski definition) is 1. The number of nitrogens with zero attached hydrogens (tertiary/aromatic N) is 2. The van der Waals surface area contributed by atoms with Crippen LogP contribution in [-0.2, 0) is 14.8 Å². The van der Waals surface area contributed by atoms with Gasteiger partial charge in [0.25, 0.3) is 5.91 Å². The Kier molecular flexibility index (Phi) is 7.55. The van der Waals surface area contributed by atoms with Gasteiger partial charge < -0.3 is 19.7 Å². The third kappa shape index (κ3) is 5.85. The molecular weight excluding hydrogens is 466 g/mol. The lowest BCUT2D eigenvalue weighted by Gasteiger charge is -2.29. The number of benzene rings is 2. The largest absolute Gasteiger partial charge is 0.490 e. The van der Waals surface area contributed by atoms with Crippen LogP contribution in [0.2, 0.25) is 5.02 Å². The van der Waals surface area contributed by atoms with Gasteiger partial charge in [-0.25, -0.2) is 8.42 Å². The Labute approximate surface area is 199 Å². The summed E-state index contributed by atoms with van der Waals surface area (Å²) in [6, 6.07) is 11.3. The predicted molar refractivity (Wildman–Crippen MR) is 127 cm³/mol. The van der Waals surface area contributed by atoms with Gasteiger partial charge >= 0.3 is 0 Å². The third-order valence-corrected chi connectivity index (χ3v) is 8.10. The van der Waals surface area contributed by atoms with Crippen molar-refractivity contribution in [1.82, 2.24) is 9.21 Å². The zero-order valence-corrected chi connectivity index (χ0v) is 20.1. The number of likely N-dealkylation sites (tertiary alicyclic amines) is 1. The second-order valence-corrected chi connectivity index (χ2v) is 10.6. The Balaban J connectivity index is 1.43. The summed E-state index contributed by atoms with van der Waals surface area (Å²) in [5, 5.41) is 2.96. The fourth-order valence-corrected chi connectivity index (χ4v) is 5.52. The number of amides is 1. The minimum absolute atomic E-state index is 0.0285. The summed E-state index contributed by atoms with van der Waals surface area (Å²) in [5.41, 5.74) is 0.658. The highest BCUT2D eigenvalue weighted by molar-refractivity contribution is 7.89. The summed E-state index contributed by atoms with van der Waals surface area (Å²) in [5.74, 6) is 0.266. The number of anilines is 1. The second-order valence-electron chi connectivity index (χ2n) is 8.26. The van der Waals surface area contributed by atoms with Crippen LogP contribution >= 0.6 is 11.6 Å². The molecule has 0 bridgehead atoms. The van der Waals surface area contributed by atoms with Crippen molar-refractivity contribution in [3.63, 3.8) is 0 Å². The molecule has 4 rings (SSSR count). The number of sulfonamides is 1. The number of ether oxygens (including phenoxy) is 2. The van der Waals surface area contributed by atoms with Crippen LogP contribution in [0.1, 0.15) is 23.2 Å². The number of halogens is 1. The van der Waals surface area contributed by atoms with Gasteiger partial charge in [-0.1, -0.05) is 11.6 Å². The van der Waals surface area contributed by atoms with Crippen molar-refractivity contribution in [2.45, 2.75) is 23.8 Å². The number of piperidine rings is 1. The van der Waals surface area contributed by atoms with Gasteiger partial charge in [0.2, 0.25) is 10.0 Å². The molecule has 0 aromatic heterocycles. The van der Waals surface area contributed by atoms with E-state index in [4.69, 9.17) is 21.1 Å². The van der Waals surface area contributed by atoms with Crippen molar-refractivity contribution in [2.24, 2.45) is 0 Å². The van der Waals surface area contributed by atoms with E-state index in [-0.39, 0.29) is 34.7 Å². The minimum Gasteiger partial charge on any atom is -0.490 e. The van der Waals surface area contributed by atoms with Gasteiger partial charge in [-0.05, 0) is 62.4 Å². The van der Waals surface area contributed by atoms with Crippen molar-refractivity contribution >= 4 is 33.2 Å². The van der Waals surface area contributed by atoms with Gasteiger partial charge in [0.15, 0.2) is 0 Å². The van der Waals surface area contributed by atoms with E-state index >= 15 is 0 Å². The molecule has 33 heavy (non-hydrogen) atoms. The van der Waals surface area contributed by atoms with E-state index in [9.17, 15) is 13.2 Å². The van der Waals surface area contributed by atoms with Crippen LogP contribution in [-0.4, -0.2) is 76.1 Å². The molecule has 1 amide bonds. The predicted octanol–water partition coefficient (Wildman–Crippen LogP) is 3.09. The van der Waals surface area contributed by atoms with Crippen LogP contribution in [0.3, 0.4) is 0 Å². The Morgan fingerprint density at radius 3 is 2.39 bits per heavy atom. The van der Waals surface area contributed by atoms with Crippen LogP contribution in [0.15, 0.2) is 47.4 Å². The molecule has 2 saturated heterocycles. The molecule has 178 valence electrons. The summed E-state index contributed by atoms with van der Waals surface area (Å²) in [4.78, 5) is 15.2. The van der Waals surface area contributed by atoms with Crippen LogP contribution < -0.4 is 10.1 Å². The van der Waals surface area contributed by atoms with Gasteiger partial charge in [0.05, 0.1) is 28.7 Å². The maximum absolute atomic E-state index is 12.9. The molecule has 0 unspecified atom stereocenters. The lowest BCUT2D eigenvalue weighted by atomic mass is 10.1. The summed E-state index contributed by atoms with van der Waals surface area (Å²) >= 11 is 6.22. The van der Waals surface area contributed by atoms with E-state index in [1.54, 1.807) is 12.1 Å². The lowest BCUT2D eigenvalue weighted by Crippen LogP contribution is -2.40. The normalized spacial score (nSPS) is 18.7. The van der Waals surface area contributed by atoms with Crippen LogP contribution in [0.4, 0.5) is 5.69 Å². The number of carbonyl (C=O) groups is 1. The quantitative estimate of drug-likeness (QED) is 0.665. The van der Waals surface area contributed by atoms with Gasteiger partial charge in [-0.3, -0.25) is 4.79 Å². The Bertz CT molecular complexity index is 1080. The van der Waals surface area contributed by atoms with E-state index in [0.29, 0.717) is 18.9 Å². The number of hydrogen-bond acceptors (Lipinski definition) is 6. The van der Waals surface area contributed by atoms with Crippen LogP contribution in [0.25, 0.3) is 0 Å². The molecule has 2 aliphatic heterocycles. The van der Waals surface area contributed by atoms with Crippen LogP contribution in [0, 0.1) is 0 Å². The Hall–Kier alpha value is -2.17. The van der Waals surface area contributed by atoms with Gasteiger partial charge in [-0.2, -0.15) is 4.31 Å². The van der Waals surface area contributed by atoms with Crippen molar-refractivity contribution in [3.05, 3.63) is 53.1 Å². The highest BCUT2D eigenvalue weighted by Gasteiger charge is 2.27. The van der Waals surface area contributed by atoms with Gasteiger partial charge in [-0.15, -0.1) is 0 Å². The molecule has 2 fully saturated rings. The fraction of sp³-hybridized carbons (Fsp3) is 0.435. The first-order valence-electron chi connectivity index (χ1n) is 11.0. The molecule has 8 nitrogen and oxygen atoms in total. The smallest absolute Gasteiger partial charge is 0.257 e. The standard InChI is InChI=1S/C23H28ClN3O5S/c1-26-10-8-19(9-11-26)32-18-4-2-17(3-5-18)25-23(28)21-16-20(6-7-22(21)24)33(29,30)27-12-14-31-15-13-27/h2-7,16,19H,8-15H2,1H3,(H,25,28). The van der Waals surface area contributed by atoms with Crippen molar-refractivity contribution in [3.8, 4) is 5.75 Å². The first-order chi connectivity index (χ1) is 15.8. The summed E-state index contributed by atoms with van der Waals surface area (Å²) < 4.78 is 38.5. The third-order valence-electron chi connectivity index (χ3n) is 5.87. The molecule has 2 heterocycles. The monoisotopic (exact) mass is 493 g/mol. The maximum atomic E-state index is 12.9. The number of nitrogens with one attached hydrogen (secondary N) is 1. The molecule has 0 atom stereocenters. The van der Waals surface area contributed by atoms with Crippen molar-refractivity contribution < 1.29 is 22.7 Å². The van der Waals surface area contributed by atoms with Gasteiger partial charge in [0, 0.05) is 31.9 Å². The van der Waals surface area contributed by atoms with E-state index in [1.807, 2.05) is 12.1 Å². The van der Waals surface area contributed by atoms with Crippen LogP contribution in [0.5, 0.6) is 5.75 Å². The molecule has 2 aromatic rings. The minimum atomic E-state index is -3.74. The van der Waals surface area contributed by atoms with Gasteiger partial charge in [0.1, 0.15) is 11.9 Å². The number of carbonyl (C=O) groups excluding carboxylic acids is 1. The van der Waals surface area contributed by atoms with E-state index in [0.717, 1.165) is 31.7 Å². The first-order valence-corrected chi connectivity index (χ1v) is 12.8. The Morgan fingerprint density at radius 2 is 1.73 bits per heavy atom. The molecular formula is C23H28ClN3O5S. The molecule has 0 saturated carbocycles. The first kappa shape index (κ1) is 24.0. The highest BCUT2D eigenvalue weighted by Crippen LogP contribution is 2.26. The van der Waals surface area contributed by atoms with Crippen molar-refractivity contribution in [2.75, 3.05) is 51.8 Å². The second kappa shape index (κ2) is 10.4. The average Bonchev–Trinajstić information content (AvgIpc) is 2.82. The molecule has 1 N–H and O–H groups in total. The molecule has 0 spiro atoms. The number of morpholine rings is 1. The lowest BCUT2D eigenvalue weighted by molar-refractivity contribution is 0.0730. The molecule has 0 radical (unpaired) electrons. The van der Waals surface area contributed by atoms with E-state index in [1.165, 1.54) is 22.5 Å². The molecule has 2 aromatic carbocycles. The molecule has 10 heteroatoms. The van der Waals surface area contributed by atoms with E-state index in [2.05, 4.69) is 17.3 Å². The summed E-state index contributed by atoms with van der Waals surface area (Å²) in [6.45, 7) is 3.27. The average molecular weight is 494 g/mol. The Morgan fingerprint density at radius 1 is 1.06 bits per heavy atom. The highest BCUT2D eigenvalue weighted by atomic mass is 35.5.